The van der Waals surface area contributed by atoms with Gasteiger partial charge in [-0.25, -0.2) is 0 Å². The zero-order valence-electron chi connectivity index (χ0n) is 13.3. The van der Waals surface area contributed by atoms with Crippen molar-refractivity contribution in [3.05, 3.63) is 45.5 Å². The van der Waals surface area contributed by atoms with Crippen LogP contribution in [0.1, 0.15) is 31.2 Å². The molecule has 0 aliphatic carbocycles. The van der Waals surface area contributed by atoms with Gasteiger partial charge in [-0.15, -0.1) is 0 Å². The number of carbonyl (C=O) groups excluding carboxylic acids is 2. The third-order valence-electron chi connectivity index (χ3n) is 3.55. The van der Waals surface area contributed by atoms with Gasteiger partial charge < -0.3 is 10.6 Å². The first-order chi connectivity index (χ1) is 11.5. The maximum Gasteiger partial charge on any atom is 0.230 e. The van der Waals surface area contributed by atoms with Gasteiger partial charge in [-0.3, -0.25) is 9.59 Å². The molecule has 1 heterocycles. The van der Waals surface area contributed by atoms with Crippen LogP contribution in [-0.4, -0.2) is 24.1 Å². The molecule has 126 valence electrons. The van der Waals surface area contributed by atoms with Crippen molar-refractivity contribution in [3.63, 3.8) is 0 Å². The van der Waals surface area contributed by atoms with Gasteiger partial charge in [-0.05, 0) is 24.1 Å². The minimum absolute atomic E-state index is 0.116. The lowest BCUT2D eigenvalue weighted by Gasteiger charge is -2.25. The lowest BCUT2D eigenvalue weighted by Crippen LogP contribution is -2.32. The number of nitriles is 1. The summed E-state index contributed by atoms with van der Waals surface area (Å²) >= 11 is 7.08. The maximum atomic E-state index is 12.0. The van der Waals surface area contributed by atoms with Crippen molar-refractivity contribution in [2.24, 2.45) is 0 Å². The van der Waals surface area contributed by atoms with E-state index in [2.05, 4.69) is 16.7 Å². The quantitative estimate of drug-likeness (QED) is 0.814. The van der Waals surface area contributed by atoms with Crippen molar-refractivity contribution in [1.29, 1.82) is 5.26 Å². The zero-order valence-corrected chi connectivity index (χ0v) is 14.8. The van der Waals surface area contributed by atoms with Crippen LogP contribution >= 0.6 is 23.4 Å². The first kappa shape index (κ1) is 18.4. The third kappa shape index (κ3) is 4.76. The van der Waals surface area contributed by atoms with E-state index in [0.717, 1.165) is 12.0 Å². The van der Waals surface area contributed by atoms with Gasteiger partial charge in [0, 0.05) is 23.9 Å². The van der Waals surface area contributed by atoms with Gasteiger partial charge in [-0.2, -0.15) is 5.26 Å². The highest BCUT2D eigenvalue weighted by molar-refractivity contribution is 8.03. The fourth-order valence-electron chi connectivity index (χ4n) is 2.37. The van der Waals surface area contributed by atoms with Gasteiger partial charge in [0.05, 0.1) is 22.4 Å². The summed E-state index contributed by atoms with van der Waals surface area (Å²) in [6.07, 6.45) is 1.06. The van der Waals surface area contributed by atoms with E-state index in [1.807, 2.05) is 19.1 Å². The third-order valence-corrected chi connectivity index (χ3v) is 4.82. The zero-order chi connectivity index (χ0) is 17.5. The van der Waals surface area contributed by atoms with Crippen molar-refractivity contribution in [1.82, 2.24) is 10.6 Å². The first-order valence-electron chi connectivity index (χ1n) is 7.64. The molecule has 0 aromatic heterocycles. The van der Waals surface area contributed by atoms with Crippen molar-refractivity contribution in [3.8, 4) is 6.07 Å². The standard InChI is InChI=1S/C17H18ClN3O2S/c1-2-7-20-16(23)10-24-17-14(9-19)13(8-15(22)21-17)11-3-5-12(18)6-4-11/h3-6,13H,2,7-8,10H2,1H3,(H,20,23)(H,21,22)/t13-/m1/s1. The Kier molecular flexibility index (Phi) is 6.71. The van der Waals surface area contributed by atoms with Crippen molar-refractivity contribution >= 4 is 35.2 Å². The minimum atomic E-state index is -0.317. The Bertz CT molecular complexity index is 695. The lowest BCUT2D eigenvalue weighted by atomic mass is 9.87. The molecule has 0 fully saturated rings. The summed E-state index contributed by atoms with van der Waals surface area (Å²) in [5.41, 5.74) is 1.34. The van der Waals surface area contributed by atoms with Crippen molar-refractivity contribution in [2.75, 3.05) is 12.3 Å². The molecular weight excluding hydrogens is 346 g/mol. The summed E-state index contributed by atoms with van der Waals surface area (Å²) < 4.78 is 0. The molecule has 5 nitrogen and oxygen atoms in total. The number of carbonyl (C=O) groups is 2. The van der Waals surface area contributed by atoms with Gasteiger partial charge in [0.1, 0.15) is 0 Å². The number of benzene rings is 1. The van der Waals surface area contributed by atoms with E-state index >= 15 is 0 Å². The minimum Gasteiger partial charge on any atom is -0.355 e. The fraction of sp³-hybridized carbons (Fsp3) is 0.353. The van der Waals surface area contributed by atoms with Crippen LogP contribution in [0.15, 0.2) is 34.9 Å². The lowest BCUT2D eigenvalue weighted by molar-refractivity contribution is -0.121. The number of allylic oxidation sites excluding steroid dienone is 1. The number of nitrogens with one attached hydrogen (secondary N) is 2. The van der Waals surface area contributed by atoms with Crippen LogP contribution in [0, 0.1) is 11.3 Å². The second-order valence-electron chi connectivity index (χ2n) is 5.35. The molecule has 2 N–H and O–H groups in total. The highest BCUT2D eigenvalue weighted by atomic mass is 35.5. The monoisotopic (exact) mass is 363 g/mol. The molecule has 0 radical (unpaired) electrons. The number of thioether (sulfide) groups is 1. The second kappa shape index (κ2) is 8.76. The van der Waals surface area contributed by atoms with Gasteiger partial charge >= 0.3 is 0 Å². The van der Waals surface area contributed by atoms with Gasteiger partial charge in [0.2, 0.25) is 11.8 Å². The van der Waals surface area contributed by atoms with Crippen LogP contribution in [-0.2, 0) is 9.59 Å². The number of nitrogens with zero attached hydrogens (tertiary/aromatic N) is 1. The molecule has 0 saturated heterocycles. The van der Waals surface area contributed by atoms with E-state index in [4.69, 9.17) is 11.6 Å². The molecule has 2 rings (SSSR count). The van der Waals surface area contributed by atoms with E-state index < -0.39 is 0 Å². The molecule has 0 unspecified atom stereocenters. The predicted octanol–water partition coefficient (Wildman–Crippen LogP) is 2.94. The van der Waals surface area contributed by atoms with E-state index in [1.165, 1.54) is 11.8 Å². The fourth-order valence-corrected chi connectivity index (χ4v) is 3.40. The smallest absolute Gasteiger partial charge is 0.230 e. The van der Waals surface area contributed by atoms with Gasteiger partial charge in [-0.1, -0.05) is 42.4 Å². The van der Waals surface area contributed by atoms with Crippen molar-refractivity contribution < 1.29 is 9.59 Å². The van der Waals surface area contributed by atoms with E-state index in [-0.39, 0.29) is 29.9 Å². The second-order valence-corrected chi connectivity index (χ2v) is 6.77. The molecule has 1 aliphatic heterocycles. The number of rotatable bonds is 6. The average Bonchev–Trinajstić information content (AvgIpc) is 2.58. The van der Waals surface area contributed by atoms with Crippen molar-refractivity contribution in [2.45, 2.75) is 25.7 Å². The highest BCUT2D eigenvalue weighted by Gasteiger charge is 2.29. The van der Waals surface area contributed by atoms with Crippen LogP contribution in [0.3, 0.4) is 0 Å². The van der Waals surface area contributed by atoms with Crippen LogP contribution in [0.4, 0.5) is 0 Å². The molecular formula is C17H18ClN3O2S. The SMILES string of the molecule is CCCNC(=O)CSC1=C(C#N)[C@@H](c2ccc(Cl)cc2)CC(=O)N1. The van der Waals surface area contributed by atoms with Gasteiger partial charge in [0.25, 0.3) is 0 Å². The Labute approximate surface area is 150 Å². The topological polar surface area (TPSA) is 82.0 Å². The highest BCUT2D eigenvalue weighted by Crippen LogP contribution is 2.36. The average molecular weight is 364 g/mol. The summed E-state index contributed by atoms with van der Waals surface area (Å²) in [5, 5.41) is 16.1. The Morgan fingerprint density at radius 3 is 2.79 bits per heavy atom. The molecule has 0 bridgehead atoms. The molecule has 1 atom stereocenters. The Hall–Kier alpha value is -1.97. The number of hydrogen-bond acceptors (Lipinski definition) is 4. The molecule has 24 heavy (non-hydrogen) atoms. The Balaban J connectivity index is 2.19. The van der Waals surface area contributed by atoms with Crippen LogP contribution in [0.2, 0.25) is 5.02 Å². The maximum absolute atomic E-state index is 12.0. The summed E-state index contributed by atoms with van der Waals surface area (Å²) in [6.45, 7) is 2.59. The molecule has 7 heteroatoms. The predicted molar refractivity (Wildman–Crippen MR) is 95.4 cm³/mol. The van der Waals surface area contributed by atoms with Crippen LogP contribution in [0.5, 0.6) is 0 Å². The normalized spacial score (nSPS) is 17.2. The largest absolute Gasteiger partial charge is 0.355 e. The summed E-state index contributed by atoms with van der Waals surface area (Å²) in [7, 11) is 0. The molecule has 1 aromatic rings. The Morgan fingerprint density at radius 2 is 2.17 bits per heavy atom. The Morgan fingerprint density at radius 1 is 1.46 bits per heavy atom. The first-order valence-corrected chi connectivity index (χ1v) is 9.00. The molecule has 0 spiro atoms. The van der Waals surface area contributed by atoms with E-state index in [9.17, 15) is 14.9 Å². The summed E-state index contributed by atoms with van der Waals surface area (Å²) in [5.74, 6) is -0.434. The van der Waals surface area contributed by atoms with Crippen LogP contribution < -0.4 is 10.6 Å². The molecule has 0 saturated carbocycles. The molecule has 1 aliphatic rings. The summed E-state index contributed by atoms with van der Waals surface area (Å²) in [4.78, 5) is 23.8. The molecule has 2 amide bonds. The number of hydrogen-bond donors (Lipinski definition) is 2. The molecule has 1 aromatic carbocycles. The van der Waals surface area contributed by atoms with Crippen LogP contribution in [0.25, 0.3) is 0 Å². The summed E-state index contributed by atoms with van der Waals surface area (Å²) in [6, 6.07) is 9.30. The van der Waals surface area contributed by atoms with Gasteiger partial charge in [0.15, 0.2) is 0 Å². The van der Waals surface area contributed by atoms with E-state index in [0.29, 0.717) is 22.2 Å². The number of halogens is 1. The number of amides is 2. The van der Waals surface area contributed by atoms with E-state index in [1.54, 1.807) is 12.1 Å².